The molecular formula is C10H16N2O2S. The Morgan fingerprint density at radius 3 is 3.00 bits per heavy atom. The molecule has 2 N–H and O–H groups in total. The zero-order valence-electron chi connectivity index (χ0n) is 8.82. The van der Waals surface area contributed by atoms with Crippen molar-refractivity contribution in [1.29, 1.82) is 0 Å². The molecule has 0 bridgehead atoms. The van der Waals surface area contributed by atoms with Gasteiger partial charge in [0.15, 0.2) is 0 Å². The van der Waals surface area contributed by atoms with E-state index in [4.69, 9.17) is 5.11 Å². The van der Waals surface area contributed by atoms with Crippen LogP contribution in [0.1, 0.15) is 29.1 Å². The average Bonchev–Trinajstić information content (AvgIpc) is 2.62. The number of rotatable bonds is 6. The molecule has 0 aliphatic rings. The number of aromatic nitrogens is 1. The quantitative estimate of drug-likeness (QED) is 0.720. The van der Waals surface area contributed by atoms with Crippen LogP contribution in [0.5, 0.6) is 0 Å². The number of amides is 1. The maximum Gasteiger partial charge on any atom is 0.220 e. The molecule has 0 aliphatic heterocycles. The molecule has 0 saturated heterocycles. The summed E-state index contributed by atoms with van der Waals surface area (Å²) >= 11 is 1.59. The second kappa shape index (κ2) is 6.53. The van der Waals surface area contributed by atoms with Gasteiger partial charge in [-0.1, -0.05) is 0 Å². The number of aliphatic hydroxyl groups excluding tert-OH is 1. The number of unbranched alkanes of at least 4 members (excludes halogenated alkanes) is 1. The minimum atomic E-state index is 0.0366. The van der Waals surface area contributed by atoms with Crippen LogP contribution in [0.2, 0.25) is 0 Å². The summed E-state index contributed by atoms with van der Waals surface area (Å²) in [5.41, 5.74) is 0. The van der Waals surface area contributed by atoms with Crippen molar-refractivity contribution in [2.45, 2.75) is 32.7 Å². The Bertz CT molecular complexity index is 312. The number of thiazole rings is 1. The van der Waals surface area contributed by atoms with Crippen LogP contribution in [0, 0.1) is 6.92 Å². The first-order chi connectivity index (χ1) is 7.22. The number of nitrogens with one attached hydrogen (secondary N) is 1. The van der Waals surface area contributed by atoms with E-state index in [1.165, 1.54) is 0 Å². The monoisotopic (exact) mass is 228 g/mol. The highest BCUT2D eigenvalue weighted by atomic mass is 32.1. The molecule has 1 heterocycles. The summed E-state index contributed by atoms with van der Waals surface area (Å²) in [6.45, 7) is 2.65. The molecule has 0 saturated carbocycles. The summed E-state index contributed by atoms with van der Waals surface area (Å²) in [5, 5.41) is 12.4. The molecule has 4 nitrogen and oxygen atoms in total. The fourth-order valence-electron chi connectivity index (χ4n) is 1.16. The molecule has 1 amide bonds. The minimum absolute atomic E-state index is 0.0366. The number of carbonyl (C=O) groups is 1. The first-order valence-corrected chi connectivity index (χ1v) is 5.83. The first-order valence-electron chi connectivity index (χ1n) is 5.01. The van der Waals surface area contributed by atoms with Crippen LogP contribution in [0.25, 0.3) is 0 Å². The summed E-state index contributed by atoms with van der Waals surface area (Å²) in [5.74, 6) is 0.0366. The van der Waals surface area contributed by atoms with E-state index in [0.717, 1.165) is 16.3 Å². The number of aliphatic hydroxyl groups is 1. The van der Waals surface area contributed by atoms with Gasteiger partial charge in [0.25, 0.3) is 0 Å². The van der Waals surface area contributed by atoms with Gasteiger partial charge in [0, 0.05) is 24.1 Å². The lowest BCUT2D eigenvalue weighted by Gasteiger charge is -2.02. The smallest absolute Gasteiger partial charge is 0.220 e. The van der Waals surface area contributed by atoms with Gasteiger partial charge in [-0.15, -0.1) is 11.3 Å². The maximum absolute atomic E-state index is 11.3. The molecule has 1 aromatic heterocycles. The Balaban J connectivity index is 2.16. The van der Waals surface area contributed by atoms with Crippen molar-refractivity contribution in [2.75, 3.05) is 6.61 Å². The van der Waals surface area contributed by atoms with E-state index in [1.807, 2.05) is 6.92 Å². The first kappa shape index (κ1) is 12.1. The van der Waals surface area contributed by atoms with Crippen LogP contribution in [0.3, 0.4) is 0 Å². The number of aryl methyl sites for hydroxylation is 1. The normalized spacial score (nSPS) is 10.3. The third-order valence-corrected chi connectivity index (χ3v) is 2.85. The van der Waals surface area contributed by atoms with Crippen molar-refractivity contribution in [3.63, 3.8) is 0 Å². The Morgan fingerprint density at radius 1 is 1.60 bits per heavy atom. The molecule has 5 heteroatoms. The molecule has 0 radical (unpaired) electrons. The van der Waals surface area contributed by atoms with Gasteiger partial charge in [0.05, 0.1) is 11.6 Å². The second-order valence-corrected chi connectivity index (χ2v) is 4.62. The summed E-state index contributed by atoms with van der Waals surface area (Å²) < 4.78 is 0. The summed E-state index contributed by atoms with van der Waals surface area (Å²) in [4.78, 5) is 16.5. The van der Waals surface area contributed by atoms with Crippen molar-refractivity contribution < 1.29 is 9.90 Å². The molecule has 84 valence electrons. The standard InChI is InChI=1S/C10H16N2O2S/c1-8-11-6-9(15-8)7-12-10(14)4-2-3-5-13/h6,13H,2-5,7H2,1H3,(H,12,14). The van der Waals surface area contributed by atoms with Gasteiger partial charge >= 0.3 is 0 Å². The van der Waals surface area contributed by atoms with Crippen molar-refractivity contribution >= 4 is 17.2 Å². The lowest BCUT2D eigenvalue weighted by molar-refractivity contribution is -0.121. The van der Waals surface area contributed by atoms with E-state index in [2.05, 4.69) is 10.3 Å². The lowest BCUT2D eigenvalue weighted by atomic mass is 10.2. The van der Waals surface area contributed by atoms with Crippen LogP contribution in [-0.4, -0.2) is 22.6 Å². The molecule has 0 fully saturated rings. The van der Waals surface area contributed by atoms with Gasteiger partial charge in [0.2, 0.25) is 5.91 Å². The van der Waals surface area contributed by atoms with Crippen LogP contribution in [-0.2, 0) is 11.3 Å². The highest BCUT2D eigenvalue weighted by molar-refractivity contribution is 7.11. The fourth-order valence-corrected chi connectivity index (χ4v) is 1.89. The van der Waals surface area contributed by atoms with E-state index in [1.54, 1.807) is 17.5 Å². The molecule has 0 aromatic carbocycles. The average molecular weight is 228 g/mol. The highest BCUT2D eigenvalue weighted by Crippen LogP contribution is 2.10. The zero-order chi connectivity index (χ0) is 11.1. The maximum atomic E-state index is 11.3. The Hall–Kier alpha value is -0.940. The van der Waals surface area contributed by atoms with Gasteiger partial charge < -0.3 is 10.4 Å². The molecule has 1 aromatic rings. The van der Waals surface area contributed by atoms with Crippen molar-refractivity contribution in [3.8, 4) is 0 Å². The highest BCUT2D eigenvalue weighted by Gasteiger charge is 2.02. The largest absolute Gasteiger partial charge is 0.396 e. The van der Waals surface area contributed by atoms with Crippen LogP contribution < -0.4 is 5.32 Å². The Kier molecular flexibility index (Phi) is 5.28. The minimum Gasteiger partial charge on any atom is -0.396 e. The lowest BCUT2D eigenvalue weighted by Crippen LogP contribution is -2.21. The van der Waals surface area contributed by atoms with Crippen LogP contribution >= 0.6 is 11.3 Å². The Morgan fingerprint density at radius 2 is 2.40 bits per heavy atom. The SMILES string of the molecule is Cc1ncc(CNC(=O)CCCCO)s1. The van der Waals surface area contributed by atoms with E-state index >= 15 is 0 Å². The number of nitrogens with zero attached hydrogens (tertiary/aromatic N) is 1. The van der Waals surface area contributed by atoms with E-state index in [-0.39, 0.29) is 12.5 Å². The van der Waals surface area contributed by atoms with Gasteiger partial charge in [-0.05, 0) is 19.8 Å². The fraction of sp³-hybridized carbons (Fsp3) is 0.600. The number of carbonyl (C=O) groups excluding carboxylic acids is 1. The van der Waals surface area contributed by atoms with Crippen LogP contribution in [0.4, 0.5) is 0 Å². The molecule has 0 unspecified atom stereocenters. The third kappa shape index (κ3) is 4.90. The number of hydrogen-bond acceptors (Lipinski definition) is 4. The van der Waals surface area contributed by atoms with E-state index < -0.39 is 0 Å². The predicted octanol–water partition coefficient (Wildman–Crippen LogP) is 1.23. The molecule has 1 rings (SSSR count). The molecule has 0 spiro atoms. The van der Waals surface area contributed by atoms with Crippen molar-refractivity contribution in [2.24, 2.45) is 0 Å². The molecule has 0 aliphatic carbocycles. The molecule has 15 heavy (non-hydrogen) atoms. The van der Waals surface area contributed by atoms with E-state index in [9.17, 15) is 4.79 Å². The van der Waals surface area contributed by atoms with Gasteiger partial charge in [-0.25, -0.2) is 4.98 Å². The topological polar surface area (TPSA) is 62.2 Å². The Labute approximate surface area is 93.4 Å². The zero-order valence-corrected chi connectivity index (χ0v) is 9.64. The van der Waals surface area contributed by atoms with Crippen molar-refractivity contribution in [1.82, 2.24) is 10.3 Å². The van der Waals surface area contributed by atoms with Gasteiger partial charge in [-0.3, -0.25) is 4.79 Å². The summed E-state index contributed by atoms with van der Waals surface area (Å²) in [6.07, 6.45) is 3.70. The molecule has 0 atom stereocenters. The van der Waals surface area contributed by atoms with Gasteiger partial charge in [-0.2, -0.15) is 0 Å². The predicted molar refractivity (Wildman–Crippen MR) is 59.6 cm³/mol. The van der Waals surface area contributed by atoms with E-state index in [0.29, 0.717) is 19.4 Å². The van der Waals surface area contributed by atoms with Crippen molar-refractivity contribution in [3.05, 3.63) is 16.1 Å². The summed E-state index contributed by atoms with van der Waals surface area (Å²) in [7, 11) is 0. The second-order valence-electron chi connectivity index (χ2n) is 3.30. The molecular weight excluding hydrogens is 212 g/mol. The number of hydrogen-bond donors (Lipinski definition) is 2. The summed E-state index contributed by atoms with van der Waals surface area (Å²) in [6, 6.07) is 0. The third-order valence-electron chi connectivity index (χ3n) is 1.94. The van der Waals surface area contributed by atoms with Gasteiger partial charge in [0.1, 0.15) is 0 Å². The van der Waals surface area contributed by atoms with Crippen LogP contribution in [0.15, 0.2) is 6.20 Å².